The number of rotatable bonds is 6. The lowest BCUT2D eigenvalue weighted by molar-refractivity contribution is -0.116. The van der Waals surface area contributed by atoms with Gasteiger partial charge in [-0.3, -0.25) is 9.48 Å². The zero-order valence-corrected chi connectivity index (χ0v) is 17.4. The van der Waals surface area contributed by atoms with Crippen LogP contribution in [-0.4, -0.2) is 41.5 Å². The monoisotopic (exact) mass is 422 g/mol. The van der Waals surface area contributed by atoms with E-state index in [1.54, 1.807) is 42.1 Å². The lowest BCUT2D eigenvalue weighted by Crippen LogP contribution is -2.27. The van der Waals surface area contributed by atoms with Crippen LogP contribution in [0, 0.1) is 6.92 Å². The molecule has 1 amide bonds. The molecular formula is C19H23ClN4O3S. The maximum absolute atomic E-state index is 12.5. The summed E-state index contributed by atoms with van der Waals surface area (Å²) in [5, 5.41) is 7.43. The first-order valence-electron chi connectivity index (χ1n) is 9.03. The Hall–Kier alpha value is -2.16. The summed E-state index contributed by atoms with van der Waals surface area (Å²) in [5.74, 6) is -0.270. The van der Waals surface area contributed by atoms with Gasteiger partial charge in [0.1, 0.15) is 5.15 Å². The van der Waals surface area contributed by atoms with Gasteiger partial charge >= 0.3 is 0 Å². The van der Waals surface area contributed by atoms with Crippen LogP contribution < -0.4 is 5.32 Å². The second-order valence-electron chi connectivity index (χ2n) is 6.72. The van der Waals surface area contributed by atoms with E-state index >= 15 is 0 Å². The number of aromatic nitrogens is 2. The predicted molar refractivity (Wildman–Crippen MR) is 108 cm³/mol. The summed E-state index contributed by atoms with van der Waals surface area (Å²) in [6.07, 6.45) is 4.84. The predicted octanol–water partition coefficient (Wildman–Crippen LogP) is 2.50. The molecule has 0 bridgehead atoms. The highest BCUT2D eigenvalue weighted by Gasteiger charge is 2.26. The van der Waals surface area contributed by atoms with Crippen LogP contribution in [0.3, 0.4) is 0 Å². The fraction of sp³-hybridized carbons (Fsp3) is 0.368. The van der Waals surface area contributed by atoms with Crippen molar-refractivity contribution in [1.29, 1.82) is 0 Å². The van der Waals surface area contributed by atoms with Gasteiger partial charge in [-0.2, -0.15) is 9.40 Å². The second-order valence-corrected chi connectivity index (χ2v) is 9.02. The summed E-state index contributed by atoms with van der Waals surface area (Å²) >= 11 is 6.13. The third-order valence-corrected chi connectivity index (χ3v) is 7.05. The molecule has 9 heteroatoms. The molecular weight excluding hydrogens is 400 g/mol. The van der Waals surface area contributed by atoms with Crippen LogP contribution in [0.1, 0.15) is 29.7 Å². The van der Waals surface area contributed by atoms with Crippen molar-refractivity contribution in [2.75, 3.05) is 13.1 Å². The Balaban J connectivity index is 1.59. The van der Waals surface area contributed by atoms with Gasteiger partial charge in [-0.15, -0.1) is 0 Å². The number of amides is 1. The van der Waals surface area contributed by atoms with Gasteiger partial charge in [0.25, 0.3) is 0 Å². The third-order valence-electron chi connectivity index (χ3n) is 4.69. The number of hydrogen-bond acceptors (Lipinski definition) is 4. The second kappa shape index (κ2) is 8.46. The van der Waals surface area contributed by atoms with Crippen LogP contribution in [-0.2, 0) is 28.4 Å². The highest BCUT2D eigenvalue weighted by molar-refractivity contribution is 7.89. The SMILES string of the molecule is Cc1nn(C)c(Cl)c1C=CC(=O)NCc1ccc(S(=O)(=O)N2CCCC2)cc1. The molecule has 150 valence electrons. The van der Waals surface area contributed by atoms with Crippen molar-refractivity contribution in [3.05, 3.63) is 52.3 Å². The zero-order chi connectivity index (χ0) is 20.3. The highest BCUT2D eigenvalue weighted by atomic mass is 35.5. The fourth-order valence-electron chi connectivity index (χ4n) is 3.10. The maximum atomic E-state index is 12.5. The summed E-state index contributed by atoms with van der Waals surface area (Å²) in [6, 6.07) is 6.61. The molecule has 28 heavy (non-hydrogen) atoms. The van der Waals surface area contributed by atoms with Gasteiger partial charge in [-0.1, -0.05) is 23.7 Å². The smallest absolute Gasteiger partial charge is 0.244 e. The van der Waals surface area contributed by atoms with Crippen molar-refractivity contribution in [3.8, 4) is 0 Å². The summed E-state index contributed by atoms with van der Waals surface area (Å²) < 4.78 is 28.1. The van der Waals surface area contributed by atoms with E-state index in [1.165, 1.54) is 10.4 Å². The Kier molecular flexibility index (Phi) is 6.22. The lowest BCUT2D eigenvalue weighted by atomic mass is 10.2. The van der Waals surface area contributed by atoms with Gasteiger partial charge in [0.2, 0.25) is 15.9 Å². The van der Waals surface area contributed by atoms with Gasteiger partial charge in [0.15, 0.2) is 0 Å². The number of carbonyl (C=O) groups excluding carboxylic acids is 1. The summed E-state index contributed by atoms with van der Waals surface area (Å²) in [6.45, 7) is 3.27. The molecule has 1 aliphatic rings. The Labute approximate surface area is 170 Å². The average molecular weight is 423 g/mol. The van der Waals surface area contributed by atoms with Gasteiger partial charge < -0.3 is 5.32 Å². The Bertz CT molecular complexity index is 991. The van der Waals surface area contributed by atoms with E-state index in [0.29, 0.717) is 30.4 Å². The standard InChI is InChI=1S/C19H23ClN4O3S/c1-14-17(19(20)23(2)22-14)9-10-18(25)21-13-15-5-7-16(8-6-15)28(26,27)24-11-3-4-12-24/h5-10H,3-4,11-13H2,1-2H3,(H,21,25). The van der Waals surface area contributed by atoms with E-state index in [2.05, 4.69) is 10.4 Å². The fourth-order valence-corrected chi connectivity index (χ4v) is 4.85. The molecule has 0 atom stereocenters. The number of nitrogens with zero attached hydrogens (tertiary/aromatic N) is 3. The molecule has 0 aliphatic carbocycles. The van der Waals surface area contributed by atoms with Crippen molar-refractivity contribution in [2.24, 2.45) is 7.05 Å². The first-order chi connectivity index (χ1) is 13.3. The van der Waals surface area contributed by atoms with E-state index in [-0.39, 0.29) is 10.8 Å². The molecule has 0 saturated carbocycles. The molecule has 1 aromatic carbocycles. The minimum Gasteiger partial charge on any atom is -0.348 e. The number of carbonyl (C=O) groups is 1. The Morgan fingerprint density at radius 1 is 1.25 bits per heavy atom. The van der Waals surface area contributed by atoms with Crippen molar-refractivity contribution in [3.63, 3.8) is 0 Å². The summed E-state index contributed by atoms with van der Waals surface area (Å²) in [4.78, 5) is 12.3. The number of hydrogen-bond donors (Lipinski definition) is 1. The number of aryl methyl sites for hydroxylation is 2. The van der Waals surface area contributed by atoms with Crippen molar-refractivity contribution >= 4 is 33.6 Å². The Morgan fingerprint density at radius 2 is 1.89 bits per heavy atom. The van der Waals surface area contributed by atoms with Crippen LogP contribution in [0.25, 0.3) is 6.08 Å². The van der Waals surface area contributed by atoms with E-state index < -0.39 is 10.0 Å². The van der Waals surface area contributed by atoms with E-state index in [1.807, 2.05) is 6.92 Å². The number of halogens is 1. The van der Waals surface area contributed by atoms with Crippen LogP contribution >= 0.6 is 11.6 Å². The molecule has 1 N–H and O–H groups in total. The molecule has 0 unspecified atom stereocenters. The lowest BCUT2D eigenvalue weighted by Gasteiger charge is -2.15. The Morgan fingerprint density at radius 3 is 2.46 bits per heavy atom. The highest BCUT2D eigenvalue weighted by Crippen LogP contribution is 2.21. The quantitative estimate of drug-likeness (QED) is 0.725. The first kappa shape index (κ1) is 20.6. The van der Waals surface area contributed by atoms with Crippen LogP contribution in [0.4, 0.5) is 0 Å². The van der Waals surface area contributed by atoms with Gasteiger partial charge in [-0.05, 0) is 43.5 Å². The molecule has 1 saturated heterocycles. The minimum atomic E-state index is -3.42. The minimum absolute atomic E-state index is 0.270. The number of benzene rings is 1. The molecule has 1 aromatic heterocycles. The molecule has 1 aliphatic heterocycles. The largest absolute Gasteiger partial charge is 0.348 e. The normalized spacial score (nSPS) is 15.4. The number of sulfonamides is 1. The molecule has 3 rings (SSSR count). The van der Waals surface area contributed by atoms with Crippen LogP contribution in [0.15, 0.2) is 35.2 Å². The van der Waals surface area contributed by atoms with Crippen molar-refractivity contribution in [1.82, 2.24) is 19.4 Å². The average Bonchev–Trinajstić information content (AvgIpc) is 3.29. The van der Waals surface area contributed by atoms with E-state index in [0.717, 1.165) is 24.1 Å². The van der Waals surface area contributed by atoms with Crippen LogP contribution in [0.2, 0.25) is 5.15 Å². The molecule has 0 spiro atoms. The summed E-state index contributed by atoms with van der Waals surface area (Å²) in [5.41, 5.74) is 2.26. The molecule has 2 heterocycles. The topological polar surface area (TPSA) is 84.3 Å². The number of nitrogens with one attached hydrogen (secondary N) is 1. The van der Waals surface area contributed by atoms with Gasteiger partial charge in [0.05, 0.1) is 10.6 Å². The molecule has 0 radical (unpaired) electrons. The van der Waals surface area contributed by atoms with E-state index in [4.69, 9.17) is 11.6 Å². The summed E-state index contributed by atoms with van der Waals surface area (Å²) in [7, 11) is -1.68. The van der Waals surface area contributed by atoms with Crippen LogP contribution in [0.5, 0.6) is 0 Å². The molecule has 1 fully saturated rings. The van der Waals surface area contributed by atoms with Gasteiger partial charge in [-0.25, -0.2) is 8.42 Å². The van der Waals surface area contributed by atoms with Crippen molar-refractivity contribution < 1.29 is 13.2 Å². The molecule has 7 nitrogen and oxygen atoms in total. The maximum Gasteiger partial charge on any atom is 0.244 e. The zero-order valence-electron chi connectivity index (χ0n) is 15.9. The first-order valence-corrected chi connectivity index (χ1v) is 10.8. The van der Waals surface area contributed by atoms with Gasteiger partial charge in [0, 0.05) is 38.3 Å². The van der Waals surface area contributed by atoms with E-state index in [9.17, 15) is 13.2 Å². The third kappa shape index (κ3) is 4.45. The molecule has 2 aromatic rings. The van der Waals surface area contributed by atoms with Crippen molar-refractivity contribution in [2.45, 2.75) is 31.2 Å².